The number of hydrogen-bond acceptors (Lipinski definition) is 5. The third-order valence-corrected chi connectivity index (χ3v) is 6.21. The minimum atomic E-state index is 0.247. The molecule has 0 bridgehead atoms. The van der Waals surface area contributed by atoms with Gasteiger partial charge in [-0.25, -0.2) is 0 Å². The van der Waals surface area contributed by atoms with Gasteiger partial charge in [0.2, 0.25) is 5.91 Å². The maximum absolute atomic E-state index is 12.8. The molecule has 5 rings (SSSR count). The van der Waals surface area contributed by atoms with Gasteiger partial charge in [-0.3, -0.25) is 9.78 Å². The number of nitrogens with zero attached hydrogens (tertiary/aromatic N) is 5. The van der Waals surface area contributed by atoms with E-state index in [0.29, 0.717) is 12.3 Å². The van der Waals surface area contributed by atoms with Gasteiger partial charge < -0.3 is 14.8 Å². The highest BCUT2D eigenvalue weighted by Gasteiger charge is 2.28. The Balaban J connectivity index is 1.19. The minimum absolute atomic E-state index is 0.247. The number of likely N-dealkylation sites (tertiary alicyclic amines) is 1. The smallest absolute Gasteiger partial charge is 0.222 e. The molecule has 0 spiro atoms. The third kappa shape index (κ3) is 3.62. The Kier molecular flexibility index (Phi) is 4.97. The highest BCUT2D eigenvalue weighted by Crippen LogP contribution is 2.28. The van der Waals surface area contributed by atoms with E-state index in [-0.39, 0.29) is 5.91 Å². The van der Waals surface area contributed by atoms with Crippen LogP contribution in [0.25, 0.3) is 10.9 Å². The zero-order valence-corrected chi connectivity index (χ0v) is 16.5. The van der Waals surface area contributed by atoms with Crippen LogP contribution in [0.5, 0.6) is 0 Å². The van der Waals surface area contributed by atoms with E-state index in [2.05, 4.69) is 31.1 Å². The van der Waals surface area contributed by atoms with Crippen LogP contribution in [0.3, 0.4) is 0 Å². The lowest BCUT2D eigenvalue weighted by atomic mass is 9.95. The van der Waals surface area contributed by atoms with Gasteiger partial charge in [0.1, 0.15) is 11.6 Å². The molecule has 0 unspecified atom stereocenters. The first-order chi connectivity index (χ1) is 14.3. The van der Waals surface area contributed by atoms with Crippen molar-refractivity contribution in [3.05, 3.63) is 53.7 Å². The van der Waals surface area contributed by atoms with Gasteiger partial charge in [-0.1, -0.05) is 18.2 Å². The van der Waals surface area contributed by atoms with Crippen LogP contribution in [-0.4, -0.2) is 50.2 Å². The first kappa shape index (κ1) is 18.2. The number of para-hydroxylation sites is 1. The van der Waals surface area contributed by atoms with Gasteiger partial charge in [-0.2, -0.15) is 0 Å². The van der Waals surface area contributed by atoms with E-state index in [1.807, 2.05) is 35.4 Å². The number of amides is 1. The fourth-order valence-electron chi connectivity index (χ4n) is 4.58. The van der Waals surface area contributed by atoms with Crippen LogP contribution >= 0.6 is 0 Å². The van der Waals surface area contributed by atoms with Gasteiger partial charge in [-0.05, 0) is 37.0 Å². The first-order valence-corrected chi connectivity index (χ1v) is 10.5. The molecule has 29 heavy (non-hydrogen) atoms. The monoisotopic (exact) mass is 390 g/mol. The number of benzene rings is 1. The zero-order valence-electron chi connectivity index (χ0n) is 16.5. The zero-order chi connectivity index (χ0) is 19.6. The number of nitrogens with one attached hydrogen (secondary N) is 1. The summed E-state index contributed by atoms with van der Waals surface area (Å²) in [6, 6.07) is 10.2. The van der Waals surface area contributed by atoms with Crippen LogP contribution in [0, 0.1) is 0 Å². The molecular formula is C22H26N6O. The van der Waals surface area contributed by atoms with Crippen LogP contribution < -0.4 is 5.32 Å². The highest BCUT2D eigenvalue weighted by molar-refractivity contribution is 5.83. The van der Waals surface area contributed by atoms with Crippen LogP contribution in [0.4, 0.5) is 0 Å². The standard InChI is InChI=1S/C22H26N6O/c29-21(6-5-16-7-10-24-19-4-2-1-3-18(16)19)27-12-8-17(9-13-27)22-26-25-20-15-23-11-14-28(20)22/h1-4,7,10,17,23H,5-6,8-9,11-15H2. The summed E-state index contributed by atoms with van der Waals surface area (Å²) in [5.74, 6) is 2.80. The summed E-state index contributed by atoms with van der Waals surface area (Å²) in [6.07, 6.45) is 5.07. The van der Waals surface area contributed by atoms with Crippen molar-refractivity contribution >= 4 is 16.8 Å². The van der Waals surface area contributed by atoms with Gasteiger partial charge in [-0.15, -0.1) is 10.2 Å². The molecule has 2 aliphatic rings. The van der Waals surface area contributed by atoms with Crippen molar-refractivity contribution in [3.8, 4) is 0 Å². The predicted molar refractivity (Wildman–Crippen MR) is 110 cm³/mol. The van der Waals surface area contributed by atoms with Crippen LogP contribution in [0.2, 0.25) is 0 Å². The second kappa shape index (κ2) is 7.91. The van der Waals surface area contributed by atoms with E-state index in [4.69, 9.17) is 0 Å². The Morgan fingerprint density at radius 1 is 1.10 bits per heavy atom. The predicted octanol–water partition coefficient (Wildman–Crippen LogP) is 2.27. The summed E-state index contributed by atoms with van der Waals surface area (Å²) in [7, 11) is 0. The molecule has 1 saturated heterocycles. The highest BCUT2D eigenvalue weighted by atomic mass is 16.2. The third-order valence-electron chi connectivity index (χ3n) is 6.21. The van der Waals surface area contributed by atoms with Crippen LogP contribution in [-0.2, 0) is 24.3 Å². The molecule has 150 valence electrons. The SMILES string of the molecule is O=C(CCc1ccnc2ccccc12)N1CCC(c2nnc3n2CCNC3)CC1. The Bertz CT molecular complexity index is 1020. The second-order valence-corrected chi connectivity index (χ2v) is 7.95. The average Bonchev–Trinajstić information content (AvgIpc) is 3.22. The lowest BCUT2D eigenvalue weighted by Crippen LogP contribution is -2.39. The number of fused-ring (bicyclic) bond motifs is 2. The topological polar surface area (TPSA) is 75.9 Å². The number of rotatable bonds is 4. The van der Waals surface area contributed by atoms with Crippen molar-refractivity contribution in [2.24, 2.45) is 0 Å². The van der Waals surface area contributed by atoms with Crippen molar-refractivity contribution in [2.75, 3.05) is 19.6 Å². The molecule has 1 fully saturated rings. The fourth-order valence-corrected chi connectivity index (χ4v) is 4.58. The Morgan fingerprint density at radius 3 is 2.86 bits per heavy atom. The summed E-state index contributed by atoms with van der Waals surface area (Å²) in [5.41, 5.74) is 2.19. The fraction of sp³-hybridized carbons (Fsp3) is 0.455. The van der Waals surface area contributed by atoms with Crippen LogP contribution in [0.1, 0.15) is 42.4 Å². The number of piperidine rings is 1. The molecule has 2 aromatic heterocycles. The molecule has 1 N–H and O–H groups in total. The largest absolute Gasteiger partial charge is 0.343 e. The van der Waals surface area contributed by atoms with Crippen molar-refractivity contribution in [1.29, 1.82) is 0 Å². The Labute approximate surface area is 170 Å². The summed E-state index contributed by atoms with van der Waals surface area (Å²) < 4.78 is 2.27. The van der Waals surface area contributed by atoms with E-state index < -0.39 is 0 Å². The molecule has 0 radical (unpaired) electrons. The van der Waals surface area contributed by atoms with Gasteiger partial charge in [0.05, 0.1) is 12.1 Å². The van der Waals surface area contributed by atoms with Crippen LogP contribution in [0.15, 0.2) is 36.5 Å². The van der Waals surface area contributed by atoms with Crippen molar-refractivity contribution in [2.45, 2.75) is 44.7 Å². The van der Waals surface area contributed by atoms with E-state index in [1.54, 1.807) is 0 Å². The molecule has 0 saturated carbocycles. The van der Waals surface area contributed by atoms with E-state index in [9.17, 15) is 4.79 Å². The summed E-state index contributed by atoms with van der Waals surface area (Å²) >= 11 is 0. The number of aryl methyl sites for hydroxylation is 1. The van der Waals surface area contributed by atoms with Gasteiger partial charge in [0.25, 0.3) is 0 Å². The summed E-state index contributed by atoms with van der Waals surface area (Å²) in [5, 5.41) is 13.3. The number of carbonyl (C=O) groups excluding carboxylic acids is 1. The van der Waals surface area contributed by atoms with Gasteiger partial charge in [0, 0.05) is 50.1 Å². The molecule has 3 aromatic rings. The van der Waals surface area contributed by atoms with Crippen molar-refractivity contribution < 1.29 is 4.79 Å². The maximum Gasteiger partial charge on any atom is 0.222 e. The van der Waals surface area contributed by atoms with E-state index in [1.165, 1.54) is 5.56 Å². The van der Waals surface area contributed by atoms with E-state index >= 15 is 0 Å². The maximum atomic E-state index is 12.8. The molecule has 7 heteroatoms. The quantitative estimate of drug-likeness (QED) is 0.740. The van der Waals surface area contributed by atoms with Crippen molar-refractivity contribution in [3.63, 3.8) is 0 Å². The van der Waals surface area contributed by atoms with Gasteiger partial charge in [0.15, 0.2) is 0 Å². The molecule has 4 heterocycles. The van der Waals surface area contributed by atoms with Crippen molar-refractivity contribution in [1.82, 2.24) is 30.0 Å². The molecule has 2 aliphatic heterocycles. The number of carbonyl (C=O) groups is 1. The first-order valence-electron chi connectivity index (χ1n) is 10.5. The second-order valence-electron chi connectivity index (χ2n) is 7.95. The van der Waals surface area contributed by atoms with E-state index in [0.717, 1.165) is 74.5 Å². The normalized spacial score (nSPS) is 17.4. The molecule has 0 atom stereocenters. The number of aromatic nitrogens is 4. The minimum Gasteiger partial charge on any atom is -0.343 e. The Morgan fingerprint density at radius 2 is 1.97 bits per heavy atom. The molecule has 1 aromatic carbocycles. The molecule has 7 nitrogen and oxygen atoms in total. The summed E-state index contributed by atoms with van der Waals surface area (Å²) in [6.45, 7) is 4.33. The summed E-state index contributed by atoms with van der Waals surface area (Å²) in [4.78, 5) is 19.2. The molecular weight excluding hydrogens is 364 g/mol. The lowest BCUT2D eigenvalue weighted by molar-refractivity contribution is -0.132. The number of pyridine rings is 1. The lowest BCUT2D eigenvalue weighted by Gasteiger charge is -2.32. The Hall–Kier alpha value is -2.80. The number of hydrogen-bond donors (Lipinski definition) is 1. The molecule has 0 aliphatic carbocycles. The average molecular weight is 390 g/mol. The van der Waals surface area contributed by atoms with Gasteiger partial charge >= 0.3 is 0 Å². The molecule has 1 amide bonds.